The molecule has 1 N–H and O–H groups in total. The number of hydrogen-bond acceptors (Lipinski definition) is 4. The lowest BCUT2D eigenvalue weighted by molar-refractivity contribution is 0.177. The zero-order chi connectivity index (χ0) is 13.8. The van der Waals surface area contributed by atoms with Crippen LogP contribution in [0.25, 0.3) is 0 Å². The molecule has 1 aromatic carbocycles. The number of methoxy groups -OCH3 is 1. The summed E-state index contributed by atoms with van der Waals surface area (Å²) < 4.78 is 5.03. The molecule has 1 aromatic heterocycles. The molecule has 0 aliphatic heterocycles. The predicted molar refractivity (Wildman–Crippen MR) is 73.4 cm³/mol. The predicted octanol–water partition coefficient (Wildman–Crippen LogP) is 2.72. The number of rotatable bonds is 4. The van der Waals surface area contributed by atoms with Gasteiger partial charge in [0.25, 0.3) is 0 Å². The summed E-state index contributed by atoms with van der Waals surface area (Å²) in [6.07, 6.45) is 1.15. The first-order valence-corrected chi connectivity index (χ1v) is 6.26. The van der Waals surface area contributed by atoms with Crippen LogP contribution in [-0.2, 0) is 6.42 Å². The van der Waals surface area contributed by atoms with Gasteiger partial charge >= 0.3 is 0 Å². The Labute approximate surface area is 117 Å². The molecule has 0 radical (unpaired) electrons. The Morgan fingerprint density at radius 1 is 1.26 bits per heavy atom. The lowest BCUT2D eigenvalue weighted by Crippen LogP contribution is -2.04. The second kappa shape index (κ2) is 5.99. The zero-order valence-corrected chi connectivity index (χ0v) is 11.6. The van der Waals surface area contributed by atoms with Gasteiger partial charge in [0.05, 0.1) is 18.9 Å². The molecule has 0 bridgehead atoms. The molecule has 2 aromatic rings. The van der Waals surface area contributed by atoms with Crippen molar-refractivity contribution in [2.75, 3.05) is 7.11 Å². The summed E-state index contributed by atoms with van der Waals surface area (Å²) in [5, 5.41) is 10.8. The van der Waals surface area contributed by atoms with Crippen molar-refractivity contribution < 1.29 is 9.84 Å². The molecule has 0 saturated carbocycles. The smallest absolute Gasteiger partial charge is 0.216 e. The summed E-state index contributed by atoms with van der Waals surface area (Å²) in [7, 11) is 1.54. The van der Waals surface area contributed by atoms with Crippen LogP contribution in [0.1, 0.15) is 22.9 Å². The quantitative estimate of drug-likeness (QED) is 0.934. The highest BCUT2D eigenvalue weighted by atomic mass is 35.5. The third kappa shape index (κ3) is 3.66. The van der Waals surface area contributed by atoms with Crippen LogP contribution in [-0.4, -0.2) is 22.2 Å². The Balaban J connectivity index is 2.17. The molecule has 0 aliphatic rings. The number of halogens is 1. The fraction of sp³-hybridized carbons (Fsp3) is 0.286. The number of aryl methyl sites for hydroxylation is 1. The second-order valence-corrected chi connectivity index (χ2v) is 4.77. The van der Waals surface area contributed by atoms with Gasteiger partial charge in [-0.1, -0.05) is 17.7 Å². The Morgan fingerprint density at radius 3 is 2.74 bits per heavy atom. The van der Waals surface area contributed by atoms with E-state index >= 15 is 0 Å². The van der Waals surface area contributed by atoms with Crippen molar-refractivity contribution in [3.63, 3.8) is 0 Å². The molecule has 1 unspecified atom stereocenters. The molecule has 100 valence electrons. The second-order valence-electron chi connectivity index (χ2n) is 4.33. The van der Waals surface area contributed by atoms with Crippen molar-refractivity contribution in [1.82, 2.24) is 9.97 Å². The first-order chi connectivity index (χ1) is 9.08. The highest BCUT2D eigenvalue weighted by molar-refractivity contribution is 6.30. The largest absolute Gasteiger partial charge is 0.481 e. The van der Waals surface area contributed by atoms with E-state index in [9.17, 15) is 5.11 Å². The van der Waals surface area contributed by atoms with Gasteiger partial charge < -0.3 is 9.84 Å². The monoisotopic (exact) mass is 278 g/mol. The SMILES string of the molecule is COc1cc(CC(O)c2cc(C)cc(Cl)c2)ncn1. The van der Waals surface area contributed by atoms with Gasteiger partial charge in [-0.15, -0.1) is 0 Å². The molecular weight excluding hydrogens is 264 g/mol. The minimum Gasteiger partial charge on any atom is -0.481 e. The molecule has 19 heavy (non-hydrogen) atoms. The standard InChI is InChI=1S/C14H15ClN2O2/c1-9-3-10(5-11(15)4-9)13(18)6-12-7-14(19-2)17-8-16-12/h3-5,7-8,13,18H,6H2,1-2H3. The third-order valence-electron chi connectivity index (χ3n) is 2.76. The molecule has 0 amide bonds. The van der Waals surface area contributed by atoms with E-state index in [4.69, 9.17) is 16.3 Å². The first kappa shape index (κ1) is 13.8. The van der Waals surface area contributed by atoms with Crippen LogP contribution in [0, 0.1) is 6.92 Å². The van der Waals surface area contributed by atoms with E-state index in [2.05, 4.69) is 9.97 Å². The fourth-order valence-electron chi connectivity index (χ4n) is 1.87. The average molecular weight is 279 g/mol. The van der Waals surface area contributed by atoms with Gasteiger partial charge in [-0.2, -0.15) is 0 Å². The van der Waals surface area contributed by atoms with Crippen LogP contribution in [0.4, 0.5) is 0 Å². The van der Waals surface area contributed by atoms with E-state index < -0.39 is 6.10 Å². The topological polar surface area (TPSA) is 55.2 Å². The Morgan fingerprint density at radius 2 is 2.05 bits per heavy atom. The summed E-state index contributed by atoms with van der Waals surface area (Å²) in [6.45, 7) is 1.94. The van der Waals surface area contributed by atoms with Crippen LogP contribution in [0.2, 0.25) is 5.02 Å². The van der Waals surface area contributed by atoms with Crippen molar-refractivity contribution in [2.45, 2.75) is 19.4 Å². The number of nitrogens with zero attached hydrogens (tertiary/aromatic N) is 2. The molecule has 1 atom stereocenters. The van der Waals surface area contributed by atoms with Crippen molar-refractivity contribution in [1.29, 1.82) is 0 Å². The highest BCUT2D eigenvalue weighted by Crippen LogP contribution is 2.23. The van der Waals surface area contributed by atoms with Gasteiger partial charge in [-0.25, -0.2) is 9.97 Å². The average Bonchev–Trinajstić information content (AvgIpc) is 2.37. The lowest BCUT2D eigenvalue weighted by Gasteiger charge is -2.12. The maximum Gasteiger partial charge on any atom is 0.216 e. The zero-order valence-electron chi connectivity index (χ0n) is 10.8. The summed E-state index contributed by atoms with van der Waals surface area (Å²) in [5.41, 5.74) is 2.52. The number of hydrogen-bond donors (Lipinski definition) is 1. The normalized spacial score (nSPS) is 12.2. The molecule has 0 aliphatic carbocycles. The number of benzene rings is 1. The Bertz CT molecular complexity index is 555. The molecule has 4 nitrogen and oxygen atoms in total. The Hall–Kier alpha value is -1.65. The molecular formula is C14H15ClN2O2. The molecule has 0 spiro atoms. The van der Waals surface area contributed by atoms with Gasteiger partial charge in [0, 0.05) is 17.5 Å². The van der Waals surface area contributed by atoms with E-state index in [0.29, 0.717) is 17.3 Å². The minimum absolute atomic E-state index is 0.388. The summed E-state index contributed by atoms with van der Waals surface area (Å²) >= 11 is 5.99. The summed E-state index contributed by atoms with van der Waals surface area (Å²) in [6, 6.07) is 7.23. The fourth-order valence-corrected chi connectivity index (χ4v) is 2.17. The van der Waals surface area contributed by atoms with Gasteiger partial charge in [-0.05, 0) is 30.2 Å². The third-order valence-corrected chi connectivity index (χ3v) is 2.98. The molecule has 1 heterocycles. The molecule has 5 heteroatoms. The van der Waals surface area contributed by atoms with Crippen LogP contribution < -0.4 is 4.74 Å². The number of aromatic nitrogens is 2. The van der Waals surface area contributed by atoms with E-state index in [-0.39, 0.29) is 0 Å². The van der Waals surface area contributed by atoms with E-state index in [1.54, 1.807) is 19.2 Å². The number of aliphatic hydroxyl groups excluding tert-OH is 1. The minimum atomic E-state index is -0.656. The van der Waals surface area contributed by atoms with Crippen LogP contribution >= 0.6 is 11.6 Å². The maximum atomic E-state index is 10.2. The van der Waals surface area contributed by atoms with Crippen molar-refractivity contribution in [2.24, 2.45) is 0 Å². The van der Waals surface area contributed by atoms with Crippen molar-refractivity contribution in [3.8, 4) is 5.88 Å². The lowest BCUT2D eigenvalue weighted by atomic mass is 10.0. The Kier molecular flexibility index (Phi) is 4.35. The molecule has 2 rings (SSSR count). The van der Waals surface area contributed by atoms with E-state index in [1.807, 2.05) is 19.1 Å². The van der Waals surface area contributed by atoms with Crippen LogP contribution in [0.15, 0.2) is 30.6 Å². The van der Waals surface area contributed by atoms with Gasteiger partial charge in [0.15, 0.2) is 0 Å². The van der Waals surface area contributed by atoms with Crippen LogP contribution in [0.5, 0.6) is 5.88 Å². The maximum absolute atomic E-state index is 10.2. The molecule has 0 saturated heterocycles. The van der Waals surface area contributed by atoms with E-state index in [0.717, 1.165) is 16.8 Å². The van der Waals surface area contributed by atoms with Gasteiger partial charge in [0.2, 0.25) is 5.88 Å². The van der Waals surface area contributed by atoms with E-state index in [1.165, 1.54) is 6.33 Å². The summed E-state index contributed by atoms with van der Waals surface area (Å²) in [4.78, 5) is 8.04. The first-order valence-electron chi connectivity index (χ1n) is 5.88. The van der Waals surface area contributed by atoms with Gasteiger partial charge in [0.1, 0.15) is 6.33 Å². The van der Waals surface area contributed by atoms with Crippen molar-refractivity contribution in [3.05, 3.63) is 52.4 Å². The number of ether oxygens (including phenoxy) is 1. The summed E-state index contributed by atoms with van der Waals surface area (Å²) in [5.74, 6) is 0.486. The van der Waals surface area contributed by atoms with Crippen molar-refractivity contribution >= 4 is 11.6 Å². The molecule has 0 fully saturated rings. The van der Waals surface area contributed by atoms with Gasteiger partial charge in [-0.3, -0.25) is 0 Å². The number of aliphatic hydroxyl groups is 1. The highest BCUT2D eigenvalue weighted by Gasteiger charge is 2.11. The van der Waals surface area contributed by atoms with Crippen LogP contribution in [0.3, 0.4) is 0 Å².